The Balaban J connectivity index is 2.10. The van der Waals surface area contributed by atoms with Crippen molar-refractivity contribution in [2.24, 2.45) is 0 Å². The lowest BCUT2D eigenvalue weighted by molar-refractivity contribution is 0.445. The van der Waals surface area contributed by atoms with Gasteiger partial charge in [-0.15, -0.1) is 0 Å². The smallest absolute Gasteiger partial charge is 0.123 e. The fraction of sp³-hybridized carbons (Fsp3) is 0.333. The van der Waals surface area contributed by atoms with Crippen LogP contribution in [0.15, 0.2) is 59.7 Å². The van der Waals surface area contributed by atoms with Crippen molar-refractivity contribution in [3.8, 4) is 17.2 Å². The monoisotopic (exact) mass is 366 g/mol. The number of hydrogen-bond donors (Lipinski definition) is 3. The third-order valence-electron chi connectivity index (χ3n) is 4.67. The van der Waals surface area contributed by atoms with E-state index in [4.69, 9.17) is 0 Å². The number of aryl methyl sites for hydroxylation is 2. The predicted molar refractivity (Wildman–Crippen MR) is 111 cm³/mol. The minimum atomic E-state index is 0.0845. The first kappa shape index (κ1) is 20.6. The Hall–Kier alpha value is -2.68. The van der Waals surface area contributed by atoms with Crippen LogP contribution in [0.1, 0.15) is 50.3 Å². The molecule has 0 heterocycles. The number of allylic oxidation sites excluding steroid dienone is 4. The zero-order valence-electron chi connectivity index (χ0n) is 16.5. The molecule has 0 atom stereocenters. The number of hydrogen-bond acceptors (Lipinski definition) is 3. The SMILES string of the molecule is CC(C)=CCC/C(C)=C/Cc1c(O)cc(O)cc1CCc1ccc(O)cc1. The van der Waals surface area contributed by atoms with E-state index >= 15 is 0 Å². The number of benzene rings is 2. The van der Waals surface area contributed by atoms with E-state index in [0.29, 0.717) is 12.8 Å². The van der Waals surface area contributed by atoms with Gasteiger partial charge < -0.3 is 15.3 Å². The van der Waals surface area contributed by atoms with Gasteiger partial charge in [-0.25, -0.2) is 0 Å². The average molecular weight is 367 g/mol. The van der Waals surface area contributed by atoms with Crippen LogP contribution >= 0.6 is 0 Å². The Morgan fingerprint density at radius 2 is 1.56 bits per heavy atom. The quantitative estimate of drug-likeness (QED) is 0.516. The second-order valence-corrected chi connectivity index (χ2v) is 7.34. The fourth-order valence-corrected chi connectivity index (χ4v) is 3.07. The van der Waals surface area contributed by atoms with Gasteiger partial charge in [0.2, 0.25) is 0 Å². The Morgan fingerprint density at radius 1 is 0.852 bits per heavy atom. The zero-order valence-corrected chi connectivity index (χ0v) is 16.5. The van der Waals surface area contributed by atoms with Crippen molar-refractivity contribution in [1.29, 1.82) is 0 Å². The largest absolute Gasteiger partial charge is 0.508 e. The van der Waals surface area contributed by atoms with Crippen LogP contribution in [0.5, 0.6) is 17.2 Å². The standard InChI is InChI=1S/C24H30O3/c1-17(2)5-4-6-18(3)7-14-23-20(15-22(26)16-24(23)27)11-8-19-9-12-21(25)13-10-19/h5,7,9-10,12-13,15-16,25-27H,4,6,8,11,14H2,1-3H3/b18-7+. The summed E-state index contributed by atoms with van der Waals surface area (Å²) in [5, 5.41) is 29.6. The molecule has 2 aromatic carbocycles. The maximum absolute atomic E-state index is 10.3. The molecular weight excluding hydrogens is 336 g/mol. The zero-order chi connectivity index (χ0) is 19.8. The van der Waals surface area contributed by atoms with E-state index in [-0.39, 0.29) is 17.2 Å². The van der Waals surface area contributed by atoms with E-state index in [1.807, 2.05) is 12.1 Å². The second kappa shape index (κ2) is 9.86. The van der Waals surface area contributed by atoms with E-state index < -0.39 is 0 Å². The summed E-state index contributed by atoms with van der Waals surface area (Å²) in [6.07, 6.45) is 8.57. The Kier molecular flexibility index (Phi) is 7.54. The number of rotatable bonds is 8. The summed E-state index contributed by atoms with van der Waals surface area (Å²) < 4.78 is 0. The lowest BCUT2D eigenvalue weighted by atomic mass is 9.95. The Bertz CT molecular complexity index is 810. The summed E-state index contributed by atoms with van der Waals surface area (Å²) in [5.74, 6) is 0.480. The highest BCUT2D eigenvalue weighted by atomic mass is 16.3. The van der Waals surface area contributed by atoms with E-state index in [2.05, 4.69) is 32.9 Å². The fourth-order valence-electron chi connectivity index (χ4n) is 3.07. The van der Waals surface area contributed by atoms with E-state index in [1.165, 1.54) is 17.2 Å². The highest BCUT2D eigenvalue weighted by Gasteiger charge is 2.10. The van der Waals surface area contributed by atoms with Gasteiger partial charge in [0.05, 0.1) is 0 Å². The molecule has 3 nitrogen and oxygen atoms in total. The highest BCUT2D eigenvalue weighted by Crippen LogP contribution is 2.29. The second-order valence-electron chi connectivity index (χ2n) is 7.34. The van der Waals surface area contributed by atoms with Crippen molar-refractivity contribution >= 4 is 0 Å². The van der Waals surface area contributed by atoms with Gasteiger partial charge in [0.25, 0.3) is 0 Å². The van der Waals surface area contributed by atoms with Crippen molar-refractivity contribution < 1.29 is 15.3 Å². The summed E-state index contributed by atoms with van der Waals surface area (Å²) in [6, 6.07) is 10.3. The summed E-state index contributed by atoms with van der Waals surface area (Å²) in [4.78, 5) is 0. The molecule has 3 heteroatoms. The van der Waals surface area contributed by atoms with Gasteiger partial charge in [0, 0.05) is 11.6 Å². The molecular formula is C24H30O3. The maximum atomic E-state index is 10.3. The molecule has 2 aromatic rings. The minimum Gasteiger partial charge on any atom is -0.508 e. The van der Waals surface area contributed by atoms with Crippen molar-refractivity contribution in [1.82, 2.24) is 0 Å². The molecule has 0 bridgehead atoms. The van der Waals surface area contributed by atoms with Crippen LogP contribution in [0.3, 0.4) is 0 Å². The molecule has 0 aliphatic rings. The highest BCUT2D eigenvalue weighted by molar-refractivity contribution is 5.47. The molecule has 3 N–H and O–H groups in total. The molecule has 0 spiro atoms. The molecule has 0 fully saturated rings. The van der Waals surface area contributed by atoms with E-state index in [0.717, 1.165) is 36.0 Å². The minimum absolute atomic E-state index is 0.0845. The first-order chi connectivity index (χ1) is 12.8. The van der Waals surface area contributed by atoms with Gasteiger partial charge in [-0.1, -0.05) is 35.4 Å². The Morgan fingerprint density at radius 3 is 2.22 bits per heavy atom. The lowest BCUT2D eigenvalue weighted by Crippen LogP contribution is -1.98. The van der Waals surface area contributed by atoms with Crippen molar-refractivity contribution in [2.75, 3.05) is 0 Å². The summed E-state index contributed by atoms with van der Waals surface area (Å²) >= 11 is 0. The van der Waals surface area contributed by atoms with E-state index in [1.54, 1.807) is 18.2 Å². The summed E-state index contributed by atoms with van der Waals surface area (Å²) in [5.41, 5.74) is 5.55. The van der Waals surface area contributed by atoms with Crippen molar-refractivity contribution in [3.05, 3.63) is 76.4 Å². The normalized spacial score (nSPS) is 11.4. The van der Waals surface area contributed by atoms with Gasteiger partial charge in [0.15, 0.2) is 0 Å². The van der Waals surface area contributed by atoms with Crippen LogP contribution in [0.2, 0.25) is 0 Å². The number of aromatic hydroxyl groups is 3. The molecule has 0 aromatic heterocycles. The molecule has 0 saturated carbocycles. The molecule has 27 heavy (non-hydrogen) atoms. The van der Waals surface area contributed by atoms with Gasteiger partial charge in [0.1, 0.15) is 17.2 Å². The van der Waals surface area contributed by atoms with Gasteiger partial charge in [-0.05, 0) is 82.2 Å². The van der Waals surface area contributed by atoms with Gasteiger partial charge in [-0.3, -0.25) is 0 Å². The lowest BCUT2D eigenvalue weighted by Gasteiger charge is -2.12. The van der Waals surface area contributed by atoms with Crippen molar-refractivity contribution in [2.45, 2.75) is 52.9 Å². The molecule has 0 unspecified atom stereocenters. The molecule has 0 radical (unpaired) electrons. The van der Waals surface area contributed by atoms with Gasteiger partial charge >= 0.3 is 0 Å². The molecule has 2 rings (SSSR count). The van der Waals surface area contributed by atoms with Crippen molar-refractivity contribution in [3.63, 3.8) is 0 Å². The first-order valence-electron chi connectivity index (χ1n) is 9.45. The summed E-state index contributed by atoms with van der Waals surface area (Å²) in [7, 11) is 0. The molecule has 0 amide bonds. The van der Waals surface area contributed by atoms with Crippen LogP contribution < -0.4 is 0 Å². The van der Waals surface area contributed by atoms with Crippen LogP contribution in [-0.4, -0.2) is 15.3 Å². The first-order valence-corrected chi connectivity index (χ1v) is 9.45. The average Bonchev–Trinajstić information content (AvgIpc) is 2.60. The van der Waals surface area contributed by atoms with E-state index in [9.17, 15) is 15.3 Å². The number of phenolic OH excluding ortho intramolecular Hbond substituents is 3. The van der Waals surface area contributed by atoms with Crippen LogP contribution in [0.4, 0.5) is 0 Å². The van der Waals surface area contributed by atoms with Crippen LogP contribution in [0.25, 0.3) is 0 Å². The summed E-state index contributed by atoms with van der Waals surface area (Å²) in [6.45, 7) is 6.33. The third kappa shape index (κ3) is 6.86. The molecule has 0 aliphatic heterocycles. The van der Waals surface area contributed by atoms with Gasteiger partial charge in [-0.2, -0.15) is 0 Å². The van der Waals surface area contributed by atoms with Crippen LogP contribution in [-0.2, 0) is 19.3 Å². The number of phenols is 3. The topological polar surface area (TPSA) is 60.7 Å². The molecule has 0 aliphatic carbocycles. The maximum Gasteiger partial charge on any atom is 0.123 e. The molecule has 144 valence electrons. The molecule has 0 saturated heterocycles. The third-order valence-corrected chi connectivity index (χ3v) is 4.67. The van der Waals surface area contributed by atoms with Crippen LogP contribution in [0, 0.1) is 0 Å². The Labute approximate surface area is 162 Å². The predicted octanol–water partition coefficient (Wildman–Crippen LogP) is 5.82.